The second-order valence-corrected chi connectivity index (χ2v) is 6.96. The summed E-state index contributed by atoms with van der Waals surface area (Å²) in [7, 11) is -3.74. The standard InChI is InChI=1S/C14H21FN2O3S/c1-10-13(15)7-11(9-16)8-14(10)21(18,19)17-5-4-12-3-2-6-20-12/h7-8,12,17H,2-6,9,16H2,1H3. The number of ether oxygens (including phenoxy) is 1. The van der Waals surface area contributed by atoms with E-state index in [1.807, 2.05) is 0 Å². The normalized spacial score (nSPS) is 19.1. The van der Waals surface area contributed by atoms with Gasteiger partial charge in [-0.3, -0.25) is 0 Å². The van der Waals surface area contributed by atoms with E-state index in [1.54, 1.807) is 0 Å². The molecule has 118 valence electrons. The van der Waals surface area contributed by atoms with Crippen molar-refractivity contribution in [2.24, 2.45) is 5.73 Å². The van der Waals surface area contributed by atoms with Crippen LogP contribution < -0.4 is 10.5 Å². The molecule has 1 heterocycles. The number of sulfonamides is 1. The van der Waals surface area contributed by atoms with Crippen molar-refractivity contribution in [1.29, 1.82) is 0 Å². The highest BCUT2D eigenvalue weighted by Crippen LogP contribution is 2.21. The quantitative estimate of drug-likeness (QED) is 0.832. The Balaban J connectivity index is 2.09. The molecule has 0 spiro atoms. The molecule has 0 aromatic heterocycles. The van der Waals surface area contributed by atoms with E-state index in [2.05, 4.69) is 4.72 Å². The molecule has 0 amide bonds. The van der Waals surface area contributed by atoms with Crippen molar-refractivity contribution >= 4 is 10.0 Å². The summed E-state index contributed by atoms with van der Waals surface area (Å²) in [5, 5.41) is 0. The van der Waals surface area contributed by atoms with Gasteiger partial charge in [0.1, 0.15) is 5.82 Å². The van der Waals surface area contributed by atoms with Crippen LogP contribution in [0.5, 0.6) is 0 Å². The molecule has 21 heavy (non-hydrogen) atoms. The average Bonchev–Trinajstić information content (AvgIpc) is 2.94. The van der Waals surface area contributed by atoms with Gasteiger partial charge in [0, 0.05) is 25.3 Å². The lowest BCUT2D eigenvalue weighted by molar-refractivity contribution is 0.105. The van der Waals surface area contributed by atoms with E-state index >= 15 is 0 Å². The van der Waals surface area contributed by atoms with Crippen molar-refractivity contribution in [3.05, 3.63) is 29.1 Å². The summed E-state index contributed by atoms with van der Waals surface area (Å²) in [6.45, 7) is 2.56. The molecule has 1 aromatic rings. The Morgan fingerprint density at radius 2 is 2.24 bits per heavy atom. The highest BCUT2D eigenvalue weighted by atomic mass is 32.2. The van der Waals surface area contributed by atoms with Crippen LogP contribution in [0, 0.1) is 12.7 Å². The Bertz CT molecular complexity index is 598. The van der Waals surface area contributed by atoms with Gasteiger partial charge >= 0.3 is 0 Å². The Labute approximate surface area is 124 Å². The molecule has 5 nitrogen and oxygen atoms in total. The maximum absolute atomic E-state index is 13.8. The molecule has 0 saturated carbocycles. The highest BCUT2D eigenvalue weighted by molar-refractivity contribution is 7.89. The van der Waals surface area contributed by atoms with Gasteiger partial charge in [-0.2, -0.15) is 0 Å². The summed E-state index contributed by atoms with van der Waals surface area (Å²) in [6.07, 6.45) is 2.70. The van der Waals surface area contributed by atoms with E-state index in [4.69, 9.17) is 10.5 Å². The lowest BCUT2D eigenvalue weighted by Gasteiger charge is -2.13. The van der Waals surface area contributed by atoms with Crippen LogP contribution >= 0.6 is 0 Å². The molecule has 1 fully saturated rings. The van der Waals surface area contributed by atoms with Gasteiger partial charge in [0.15, 0.2) is 0 Å². The molecule has 1 unspecified atom stereocenters. The van der Waals surface area contributed by atoms with Gasteiger partial charge in [0.25, 0.3) is 0 Å². The van der Waals surface area contributed by atoms with Crippen molar-refractivity contribution in [3.63, 3.8) is 0 Å². The van der Waals surface area contributed by atoms with Gasteiger partial charge in [0.05, 0.1) is 11.0 Å². The zero-order chi connectivity index (χ0) is 15.5. The van der Waals surface area contributed by atoms with E-state index in [0.29, 0.717) is 12.0 Å². The first-order valence-corrected chi connectivity index (χ1v) is 8.52. The number of nitrogens with one attached hydrogen (secondary N) is 1. The van der Waals surface area contributed by atoms with Crippen LogP contribution in [0.15, 0.2) is 17.0 Å². The second kappa shape index (κ2) is 6.83. The first-order chi connectivity index (χ1) is 9.94. The molecule has 2 rings (SSSR count). The molecule has 0 radical (unpaired) electrons. The van der Waals surface area contributed by atoms with E-state index in [-0.39, 0.29) is 29.7 Å². The van der Waals surface area contributed by atoms with Crippen LogP contribution in [0.4, 0.5) is 4.39 Å². The minimum Gasteiger partial charge on any atom is -0.378 e. The van der Waals surface area contributed by atoms with Crippen molar-refractivity contribution in [3.8, 4) is 0 Å². The number of hydrogen-bond donors (Lipinski definition) is 2. The second-order valence-electron chi connectivity index (χ2n) is 5.23. The third kappa shape index (κ3) is 4.00. The summed E-state index contributed by atoms with van der Waals surface area (Å²) >= 11 is 0. The van der Waals surface area contributed by atoms with E-state index in [1.165, 1.54) is 19.1 Å². The molecule has 0 aliphatic carbocycles. The third-order valence-electron chi connectivity index (χ3n) is 3.66. The van der Waals surface area contributed by atoms with Crippen LogP contribution in [-0.4, -0.2) is 27.7 Å². The molecule has 1 aliphatic heterocycles. The monoisotopic (exact) mass is 316 g/mol. The molecular weight excluding hydrogens is 295 g/mol. The number of rotatable bonds is 6. The van der Waals surface area contributed by atoms with Gasteiger partial charge in [-0.15, -0.1) is 0 Å². The Kier molecular flexibility index (Phi) is 5.32. The van der Waals surface area contributed by atoms with Crippen LogP contribution in [0.25, 0.3) is 0 Å². The molecular formula is C14H21FN2O3S. The van der Waals surface area contributed by atoms with E-state index in [0.717, 1.165) is 19.4 Å². The highest BCUT2D eigenvalue weighted by Gasteiger charge is 2.21. The smallest absolute Gasteiger partial charge is 0.240 e. The number of benzene rings is 1. The molecule has 1 aliphatic rings. The minimum atomic E-state index is -3.74. The zero-order valence-corrected chi connectivity index (χ0v) is 12.9. The first-order valence-electron chi connectivity index (χ1n) is 7.04. The summed E-state index contributed by atoms with van der Waals surface area (Å²) in [6, 6.07) is 2.69. The zero-order valence-electron chi connectivity index (χ0n) is 12.1. The van der Waals surface area contributed by atoms with Crippen LogP contribution in [0.3, 0.4) is 0 Å². The van der Waals surface area contributed by atoms with Gasteiger partial charge in [-0.25, -0.2) is 17.5 Å². The molecule has 1 aromatic carbocycles. The molecule has 7 heteroatoms. The molecule has 0 bridgehead atoms. The van der Waals surface area contributed by atoms with Crippen molar-refractivity contribution in [2.75, 3.05) is 13.2 Å². The molecule has 1 saturated heterocycles. The van der Waals surface area contributed by atoms with Gasteiger partial charge in [0.2, 0.25) is 10.0 Å². The maximum Gasteiger partial charge on any atom is 0.240 e. The number of halogens is 1. The van der Waals surface area contributed by atoms with E-state index < -0.39 is 15.8 Å². The largest absolute Gasteiger partial charge is 0.378 e. The minimum absolute atomic E-state index is 0.0460. The van der Waals surface area contributed by atoms with Crippen molar-refractivity contribution in [2.45, 2.75) is 43.7 Å². The Morgan fingerprint density at radius 1 is 1.48 bits per heavy atom. The lowest BCUT2D eigenvalue weighted by Crippen LogP contribution is -2.28. The predicted molar refractivity (Wildman–Crippen MR) is 77.8 cm³/mol. The summed E-state index contributed by atoms with van der Waals surface area (Å²) in [5.41, 5.74) is 6.03. The SMILES string of the molecule is Cc1c(F)cc(CN)cc1S(=O)(=O)NCCC1CCCO1. The topological polar surface area (TPSA) is 81.4 Å². The lowest BCUT2D eigenvalue weighted by atomic mass is 10.1. The summed E-state index contributed by atoms with van der Waals surface area (Å²) in [5.74, 6) is -0.558. The van der Waals surface area contributed by atoms with Gasteiger partial charge in [-0.1, -0.05) is 0 Å². The van der Waals surface area contributed by atoms with Crippen LogP contribution in [-0.2, 0) is 21.3 Å². The fourth-order valence-electron chi connectivity index (χ4n) is 2.41. The van der Waals surface area contributed by atoms with Crippen LogP contribution in [0.2, 0.25) is 0 Å². The van der Waals surface area contributed by atoms with Crippen LogP contribution in [0.1, 0.15) is 30.4 Å². The van der Waals surface area contributed by atoms with Gasteiger partial charge < -0.3 is 10.5 Å². The summed E-state index contributed by atoms with van der Waals surface area (Å²) in [4.78, 5) is -0.0460. The number of hydrogen-bond acceptors (Lipinski definition) is 4. The third-order valence-corrected chi connectivity index (χ3v) is 5.25. The Hall–Kier alpha value is -1.02. The molecule has 1 atom stereocenters. The van der Waals surface area contributed by atoms with Gasteiger partial charge in [-0.05, 0) is 43.9 Å². The average molecular weight is 316 g/mol. The fraction of sp³-hybridized carbons (Fsp3) is 0.571. The fourth-order valence-corrected chi connectivity index (χ4v) is 3.76. The first kappa shape index (κ1) is 16.4. The van der Waals surface area contributed by atoms with Crippen molar-refractivity contribution in [1.82, 2.24) is 4.72 Å². The predicted octanol–water partition coefficient (Wildman–Crippen LogP) is 1.44. The van der Waals surface area contributed by atoms with E-state index in [9.17, 15) is 12.8 Å². The molecule has 3 N–H and O–H groups in total. The maximum atomic E-state index is 13.8. The number of nitrogens with two attached hydrogens (primary N) is 1. The van der Waals surface area contributed by atoms with Crippen molar-refractivity contribution < 1.29 is 17.5 Å². The summed E-state index contributed by atoms with van der Waals surface area (Å²) < 4.78 is 46.3. The Morgan fingerprint density at radius 3 is 2.86 bits per heavy atom.